The molecular weight excluding hydrogens is 311 g/mol. The predicted octanol–water partition coefficient (Wildman–Crippen LogP) is 1.41. The number of rotatable bonds is 3. The van der Waals surface area contributed by atoms with Gasteiger partial charge >= 0.3 is 0 Å². The third kappa shape index (κ3) is 3.07. The normalized spacial score (nSPS) is 20.9. The molecule has 7 heteroatoms. The van der Waals surface area contributed by atoms with Crippen molar-refractivity contribution in [3.05, 3.63) is 41.7 Å². The van der Waals surface area contributed by atoms with Gasteiger partial charge in [-0.1, -0.05) is 12.1 Å². The quantitative estimate of drug-likeness (QED) is 0.888. The zero-order chi connectivity index (χ0) is 17.3. The first kappa shape index (κ1) is 16.3. The monoisotopic (exact) mass is 330 g/mol. The van der Waals surface area contributed by atoms with Crippen molar-refractivity contribution >= 4 is 11.7 Å². The van der Waals surface area contributed by atoms with Crippen molar-refractivity contribution in [2.45, 2.75) is 25.4 Å². The largest absolute Gasteiger partial charge is 0.378 e. The molecule has 1 saturated heterocycles. The number of carbonyl (C=O) groups excluding carboxylic acids is 1. The number of amides is 1. The third-order valence-electron chi connectivity index (χ3n) is 4.31. The number of halogens is 1. The molecule has 1 aliphatic heterocycles. The van der Waals surface area contributed by atoms with Crippen LogP contribution in [0, 0.1) is 12.7 Å². The average molecular weight is 330 g/mol. The summed E-state index contributed by atoms with van der Waals surface area (Å²) in [4.78, 5) is 13.3. The van der Waals surface area contributed by atoms with E-state index >= 15 is 0 Å². The van der Waals surface area contributed by atoms with Gasteiger partial charge in [-0.2, -0.15) is 0 Å². The first-order valence-electron chi connectivity index (χ1n) is 7.76. The SMILES string of the molecule is Cc1cc(-c2cccc(F)c2)nnc1N1CCC[C@](O)(C(N)=O)C1. The summed E-state index contributed by atoms with van der Waals surface area (Å²) in [6, 6.07) is 7.97. The van der Waals surface area contributed by atoms with Crippen molar-refractivity contribution < 1.29 is 14.3 Å². The highest BCUT2D eigenvalue weighted by molar-refractivity contribution is 5.84. The van der Waals surface area contributed by atoms with Gasteiger partial charge in [-0.25, -0.2) is 4.39 Å². The fourth-order valence-electron chi connectivity index (χ4n) is 3.00. The molecule has 6 nitrogen and oxygen atoms in total. The average Bonchev–Trinajstić information content (AvgIpc) is 2.54. The number of β-amino-alcohol motifs (C(OH)–C–C–N with tert-alkyl or cyclic N) is 1. The van der Waals surface area contributed by atoms with E-state index in [1.807, 2.05) is 17.9 Å². The molecule has 1 amide bonds. The lowest BCUT2D eigenvalue weighted by Crippen LogP contribution is -2.56. The van der Waals surface area contributed by atoms with E-state index in [0.29, 0.717) is 36.5 Å². The lowest BCUT2D eigenvalue weighted by atomic mass is 9.92. The van der Waals surface area contributed by atoms with Crippen molar-refractivity contribution in [1.82, 2.24) is 10.2 Å². The summed E-state index contributed by atoms with van der Waals surface area (Å²) in [5.74, 6) is -0.470. The molecule has 1 atom stereocenters. The van der Waals surface area contributed by atoms with Crippen molar-refractivity contribution in [3.8, 4) is 11.3 Å². The highest BCUT2D eigenvalue weighted by Crippen LogP contribution is 2.28. The lowest BCUT2D eigenvalue weighted by Gasteiger charge is -2.38. The summed E-state index contributed by atoms with van der Waals surface area (Å²) in [5.41, 5.74) is 5.80. The van der Waals surface area contributed by atoms with Crippen LogP contribution in [0.5, 0.6) is 0 Å². The van der Waals surface area contributed by atoms with Crippen LogP contribution < -0.4 is 10.6 Å². The highest BCUT2D eigenvalue weighted by atomic mass is 19.1. The van der Waals surface area contributed by atoms with E-state index in [1.165, 1.54) is 12.1 Å². The Morgan fingerprint density at radius 3 is 2.83 bits per heavy atom. The maximum Gasteiger partial charge on any atom is 0.251 e. The van der Waals surface area contributed by atoms with Crippen LogP contribution in [0.1, 0.15) is 18.4 Å². The van der Waals surface area contributed by atoms with Crippen LogP contribution in [-0.4, -0.2) is 39.9 Å². The Balaban J connectivity index is 1.89. The number of anilines is 1. The molecule has 0 bridgehead atoms. The highest BCUT2D eigenvalue weighted by Gasteiger charge is 2.39. The van der Waals surface area contributed by atoms with Gasteiger partial charge in [-0.05, 0) is 43.5 Å². The van der Waals surface area contributed by atoms with Gasteiger partial charge in [-0.15, -0.1) is 10.2 Å². The Hall–Kier alpha value is -2.54. The summed E-state index contributed by atoms with van der Waals surface area (Å²) in [5, 5.41) is 18.7. The second-order valence-electron chi connectivity index (χ2n) is 6.17. The Morgan fingerprint density at radius 1 is 1.38 bits per heavy atom. The number of nitrogens with two attached hydrogens (primary N) is 1. The van der Waals surface area contributed by atoms with Crippen molar-refractivity contribution in [3.63, 3.8) is 0 Å². The minimum atomic E-state index is -1.55. The molecule has 0 spiro atoms. The second kappa shape index (κ2) is 6.16. The standard InChI is InChI=1S/C17H19FN4O2/c1-11-8-14(12-4-2-5-13(18)9-12)20-21-15(11)22-7-3-6-17(24,10-22)16(19)23/h2,4-5,8-9,24H,3,6-7,10H2,1H3,(H2,19,23)/t17-/m1/s1. The van der Waals surface area contributed by atoms with Crippen LogP contribution in [0.4, 0.5) is 10.2 Å². The summed E-state index contributed by atoms with van der Waals surface area (Å²) >= 11 is 0. The zero-order valence-electron chi connectivity index (χ0n) is 13.4. The molecule has 2 heterocycles. The first-order chi connectivity index (χ1) is 11.4. The summed E-state index contributed by atoms with van der Waals surface area (Å²) in [7, 11) is 0. The van der Waals surface area contributed by atoms with Gasteiger partial charge in [0, 0.05) is 12.1 Å². The van der Waals surface area contributed by atoms with Gasteiger partial charge in [0.2, 0.25) is 0 Å². The van der Waals surface area contributed by atoms with Gasteiger partial charge < -0.3 is 15.7 Å². The molecule has 3 N–H and O–H groups in total. The molecule has 1 fully saturated rings. The van der Waals surface area contributed by atoms with E-state index in [9.17, 15) is 14.3 Å². The Morgan fingerprint density at radius 2 is 2.17 bits per heavy atom. The van der Waals surface area contributed by atoms with E-state index in [-0.39, 0.29) is 12.4 Å². The minimum Gasteiger partial charge on any atom is -0.378 e. The molecule has 24 heavy (non-hydrogen) atoms. The number of aryl methyl sites for hydroxylation is 1. The summed E-state index contributed by atoms with van der Waals surface area (Å²) < 4.78 is 13.4. The molecule has 126 valence electrons. The number of aliphatic hydroxyl groups is 1. The van der Waals surface area contributed by atoms with Gasteiger partial charge in [0.15, 0.2) is 11.4 Å². The number of primary amides is 1. The van der Waals surface area contributed by atoms with E-state index in [1.54, 1.807) is 12.1 Å². The zero-order valence-corrected chi connectivity index (χ0v) is 13.4. The van der Waals surface area contributed by atoms with Crippen molar-refractivity contribution in [2.24, 2.45) is 5.73 Å². The Kier molecular flexibility index (Phi) is 4.19. The molecule has 2 aromatic rings. The van der Waals surface area contributed by atoms with Crippen LogP contribution in [0.3, 0.4) is 0 Å². The summed E-state index contributed by atoms with van der Waals surface area (Å²) in [6.45, 7) is 2.62. The number of piperidine rings is 1. The molecule has 1 aromatic carbocycles. The van der Waals surface area contributed by atoms with Gasteiger partial charge in [-0.3, -0.25) is 4.79 Å². The van der Waals surface area contributed by atoms with Crippen LogP contribution in [0.15, 0.2) is 30.3 Å². The van der Waals surface area contributed by atoms with Crippen LogP contribution in [-0.2, 0) is 4.79 Å². The lowest BCUT2D eigenvalue weighted by molar-refractivity contribution is -0.137. The van der Waals surface area contributed by atoms with E-state index in [4.69, 9.17) is 5.73 Å². The molecule has 0 aliphatic carbocycles. The third-order valence-corrected chi connectivity index (χ3v) is 4.31. The van der Waals surface area contributed by atoms with Crippen molar-refractivity contribution in [1.29, 1.82) is 0 Å². The smallest absolute Gasteiger partial charge is 0.251 e. The number of nitrogens with zero attached hydrogens (tertiary/aromatic N) is 3. The molecule has 1 aliphatic rings. The van der Waals surface area contributed by atoms with Crippen LogP contribution >= 0.6 is 0 Å². The van der Waals surface area contributed by atoms with Gasteiger partial charge in [0.1, 0.15) is 5.82 Å². The molecule has 1 aromatic heterocycles. The number of benzene rings is 1. The maximum atomic E-state index is 13.4. The van der Waals surface area contributed by atoms with Crippen LogP contribution in [0.2, 0.25) is 0 Å². The fourth-order valence-corrected chi connectivity index (χ4v) is 3.00. The van der Waals surface area contributed by atoms with Crippen LogP contribution in [0.25, 0.3) is 11.3 Å². The maximum absolute atomic E-state index is 13.4. The Bertz CT molecular complexity index is 783. The molecule has 3 rings (SSSR count). The van der Waals surface area contributed by atoms with E-state index < -0.39 is 11.5 Å². The summed E-state index contributed by atoms with van der Waals surface area (Å²) in [6.07, 6.45) is 0.971. The van der Waals surface area contributed by atoms with Gasteiger partial charge in [0.25, 0.3) is 5.91 Å². The molecule has 0 saturated carbocycles. The van der Waals surface area contributed by atoms with Crippen molar-refractivity contribution in [2.75, 3.05) is 18.0 Å². The fraction of sp³-hybridized carbons (Fsp3) is 0.353. The van der Waals surface area contributed by atoms with E-state index in [2.05, 4.69) is 10.2 Å². The minimum absolute atomic E-state index is 0.0944. The Labute approximate surface area is 139 Å². The van der Waals surface area contributed by atoms with Gasteiger partial charge in [0.05, 0.1) is 12.2 Å². The first-order valence-corrected chi connectivity index (χ1v) is 7.76. The number of hydrogen-bond donors (Lipinski definition) is 2. The number of carbonyl (C=O) groups is 1. The van der Waals surface area contributed by atoms with E-state index in [0.717, 1.165) is 5.56 Å². The molecule has 0 radical (unpaired) electrons. The molecule has 0 unspecified atom stereocenters. The second-order valence-corrected chi connectivity index (χ2v) is 6.17. The topological polar surface area (TPSA) is 92.3 Å². The predicted molar refractivity (Wildman–Crippen MR) is 87.8 cm³/mol. The number of hydrogen-bond acceptors (Lipinski definition) is 5. The number of aromatic nitrogens is 2. The molecular formula is C17H19FN4O2.